The zero-order valence-corrected chi connectivity index (χ0v) is 13.6. The van der Waals surface area contributed by atoms with Crippen molar-refractivity contribution < 1.29 is 19.4 Å². The minimum absolute atomic E-state index is 0.0993. The maximum atomic E-state index is 12.4. The van der Waals surface area contributed by atoms with Crippen molar-refractivity contribution in [3.63, 3.8) is 0 Å². The van der Waals surface area contributed by atoms with Crippen LogP contribution in [0.3, 0.4) is 0 Å². The van der Waals surface area contributed by atoms with Gasteiger partial charge >= 0.3 is 5.97 Å². The Labute approximate surface area is 129 Å². The van der Waals surface area contributed by atoms with Gasteiger partial charge in [0, 0.05) is 0 Å². The van der Waals surface area contributed by atoms with Gasteiger partial charge in [0.05, 0.1) is 28.5 Å². The lowest BCUT2D eigenvalue weighted by molar-refractivity contribution is -0.0693. The van der Waals surface area contributed by atoms with Crippen LogP contribution in [0.25, 0.3) is 0 Å². The van der Waals surface area contributed by atoms with Gasteiger partial charge in [0.25, 0.3) is 5.91 Å². The standard InChI is InChI=1S/C16H22N2O4/c1-9-10(14(20)21)6-7-11(17-9)13(19)18-12-8-15(2,3)22-16(12,4)5/h6-7,12H,8H2,1-5H3,(H,18,19)(H,20,21). The molecule has 22 heavy (non-hydrogen) atoms. The van der Waals surface area contributed by atoms with E-state index in [9.17, 15) is 9.59 Å². The lowest BCUT2D eigenvalue weighted by Crippen LogP contribution is -2.46. The first kappa shape index (κ1) is 16.4. The minimum atomic E-state index is -1.05. The second kappa shape index (κ2) is 5.35. The molecule has 6 heteroatoms. The predicted octanol–water partition coefficient (Wildman–Crippen LogP) is 2.16. The molecular weight excluding hydrogens is 284 g/mol. The van der Waals surface area contributed by atoms with Crippen molar-refractivity contribution in [2.75, 3.05) is 0 Å². The summed E-state index contributed by atoms with van der Waals surface area (Å²) in [7, 11) is 0. The van der Waals surface area contributed by atoms with Crippen LogP contribution in [0.4, 0.5) is 0 Å². The average Bonchev–Trinajstić information content (AvgIpc) is 2.56. The lowest BCUT2D eigenvalue weighted by atomic mass is 9.94. The third-order valence-corrected chi connectivity index (χ3v) is 3.93. The molecule has 1 aliphatic heterocycles. The lowest BCUT2D eigenvalue weighted by Gasteiger charge is -2.27. The number of rotatable bonds is 3. The van der Waals surface area contributed by atoms with E-state index in [1.54, 1.807) is 6.92 Å². The van der Waals surface area contributed by atoms with E-state index in [0.717, 1.165) is 0 Å². The van der Waals surface area contributed by atoms with E-state index in [1.165, 1.54) is 12.1 Å². The van der Waals surface area contributed by atoms with Gasteiger partial charge in [-0.15, -0.1) is 0 Å². The Balaban J connectivity index is 2.16. The first-order valence-corrected chi connectivity index (χ1v) is 7.24. The quantitative estimate of drug-likeness (QED) is 0.893. The van der Waals surface area contributed by atoms with Crippen molar-refractivity contribution in [3.05, 3.63) is 29.1 Å². The summed E-state index contributed by atoms with van der Waals surface area (Å²) in [5, 5.41) is 11.9. The Morgan fingerprint density at radius 1 is 1.32 bits per heavy atom. The monoisotopic (exact) mass is 306 g/mol. The molecule has 1 aliphatic rings. The molecule has 1 amide bonds. The predicted molar refractivity (Wildman–Crippen MR) is 81.0 cm³/mol. The number of carboxylic acids is 1. The molecule has 0 aromatic carbocycles. The second-order valence-electron chi connectivity index (χ2n) is 6.83. The molecule has 6 nitrogen and oxygen atoms in total. The van der Waals surface area contributed by atoms with Crippen LogP contribution in [-0.4, -0.2) is 39.2 Å². The van der Waals surface area contributed by atoms with Crippen molar-refractivity contribution in [1.29, 1.82) is 0 Å². The number of amides is 1. The van der Waals surface area contributed by atoms with Gasteiger partial charge in [0.2, 0.25) is 0 Å². The van der Waals surface area contributed by atoms with Crippen LogP contribution >= 0.6 is 0 Å². The van der Waals surface area contributed by atoms with Crippen molar-refractivity contribution in [3.8, 4) is 0 Å². The number of nitrogens with one attached hydrogen (secondary N) is 1. The molecule has 1 fully saturated rings. The zero-order chi connectivity index (χ0) is 16.7. The first-order chi connectivity index (χ1) is 10.0. The highest BCUT2D eigenvalue weighted by atomic mass is 16.5. The molecular formula is C16H22N2O4. The van der Waals surface area contributed by atoms with Crippen LogP contribution in [0.15, 0.2) is 12.1 Å². The Kier molecular flexibility index (Phi) is 4.00. The fourth-order valence-electron chi connectivity index (χ4n) is 2.93. The number of ether oxygens (including phenoxy) is 1. The molecule has 1 unspecified atom stereocenters. The fraction of sp³-hybridized carbons (Fsp3) is 0.562. The molecule has 120 valence electrons. The number of carboxylic acid groups (broad SMARTS) is 1. The maximum Gasteiger partial charge on any atom is 0.337 e. The van der Waals surface area contributed by atoms with E-state index < -0.39 is 11.6 Å². The summed E-state index contributed by atoms with van der Waals surface area (Å²) in [5.74, 6) is -1.37. The number of pyridine rings is 1. The molecule has 2 heterocycles. The van der Waals surface area contributed by atoms with Gasteiger partial charge in [-0.2, -0.15) is 0 Å². The van der Waals surface area contributed by atoms with Crippen molar-refractivity contribution >= 4 is 11.9 Å². The number of aromatic nitrogens is 1. The summed E-state index contributed by atoms with van der Waals surface area (Å²) in [4.78, 5) is 27.4. The molecule has 2 N–H and O–H groups in total. The Morgan fingerprint density at radius 2 is 1.95 bits per heavy atom. The minimum Gasteiger partial charge on any atom is -0.478 e. The van der Waals surface area contributed by atoms with Crippen LogP contribution in [0.2, 0.25) is 0 Å². The molecule has 1 aromatic heterocycles. The largest absolute Gasteiger partial charge is 0.478 e. The van der Waals surface area contributed by atoms with Crippen molar-refractivity contribution in [2.24, 2.45) is 0 Å². The summed E-state index contributed by atoms with van der Waals surface area (Å²) >= 11 is 0. The van der Waals surface area contributed by atoms with Gasteiger partial charge in [-0.05, 0) is 53.2 Å². The van der Waals surface area contributed by atoms with Crippen LogP contribution in [-0.2, 0) is 4.74 Å². The summed E-state index contributed by atoms with van der Waals surface area (Å²) in [5.41, 5.74) is -0.125. The second-order valence-corrected chi connectivity index (χ2v) is 6.83. The SMILES string of the molecule is Cc1nc(C(=O)NC2CC(C)(C)OC2(C)C)ccc1C(=O)O. The van der Waals surface area contributed by atoms with Gasteiger partial charge in [-0.3, -0.25) is 4.79 Å². The number of aryl methyl sites for hydroxylation is 1. The van der Waals surface area contributed by atoms with Crippen molar-refractivity contribution in [1.82, 2.24) is 10.3 Å². The van der Waals surface area contributed by atoms with Crippen LogP contribution in [0.5, 0.6) is 0 Å². The maximum absolute atomic E-state index is 12.4. The smallest absolute Gasteiger partial charge is 0.337 e. The van der Waals surface area contributed by atoms with E-state index >= 15 is 0 Å². The van der Waals surface area contributed by atoms with E-state index in [-0.39, 0.29) is 28.8 Å². The number of aromatic carboxylic acids is 1. The molecule has 2 rings (SSSR count). The van der Waals surface area contributed by atoms with Gasteiger partial charge in [-0.1, -0.05) is 0 Å². The summed E-state index contributed by atoms with van der Waals surface area (Å²) in [6.07, 6.45) is 0.706. The van der Waals surface area contributed by atoms with Gasteiger partial charge in [0.1, 0.15) is 5.69 Å². The average molecular weight is 306 g/mol. The van der Waals surface area contributed by atoms with Gasteiger partial charge in [0.15, 0.2) is 0 Å². The number of hydrogen-bond acceptors (Lipinski definition) is 4. The third-order valence-electron chi connectivity index (χ3n) is 3.93. The van der Waals surface area contributed by atoms with Crippen LogP contribution < -0.4 is 5.32 Å². The molecule has 0 saturated carbocycles. The van der Waals surface area contributed by atoms with E-state index in [2.05, 4.69) is 10.3 Å². The van der Waals surface area contributed by atoms with Crippen LogP contribution in [0, 0.1) is 6.92 Å². The fourth-order valence-corrected chi connectivity index (χ4v) is 2.93. The van der Waals surface area contributed by atoms with Gasteiger partial charge < -0.3 is 15.2 Å². The zero-order valence-electron chi connectivity index (χ0n) is 13.6. The third kappa shape index (κ3) is 3.27. The molecule has 0 radical (unpaired) electrons. The highest BCUT2D eigenvalue weighted by Crippen LogP contribution is 2.37. The topological polar surface area (TPSA) is 88.5 Å². The number of carbonyl (C=O) groups is 2. The van der Waals surface area contributed by atoms with Gasteiger partial charge in [-0.25, -0.2) is 9.78 Å². The molecule has 0 spiro atoms. The highest BCUT2D eigenvalue weighted by Gasteiger charge is 2.46. The Bertz CT molecular complexity index is 623. The normalized spacial score (nSPS) is 22.3. The number of hydrogen-bond donors (Lipinski definition) is 2. The molecule has 1 saturated heterocycles. The highest BCUT2D eigenvalue weighted by molar-refractivity contribution is 5.94. The molecule has 0 bridgehead atoms. The number of carbonyl (C=O) groups excluding carboxylic acids is 1. The summed E-state index contributed by atoms with van der Waals surface area (Å²) < 4.78 is 5.95. The molecule has 0 aliphatic carbocycles. The summed E-state index contributed by atoms with van der Waals surface area (Å²) in [6, 6.07) is 2.70. The first-order valence-electron chi connectivity index (χ1n) is 7.24. The Hall–Kier alpha value is -1.95. The summed E-state index contributed by atoms with van der Waals surface area (Å²) in [6.45, 7) is 9.44. The van der Waals surface area contributed by atoms with E-state index in [1.807, 2.05) is 27.7 Å². The number of nitrogens with zero attached hydrogens (tertiary/aromatic N) is 1. The Morgan fingerprint density at radius 3 is 2.41 bits per heavy atom. The van der Waals surface area contributed by atoms with Crippen molar-refractivity contribution in [2.45, 2.75) is 58.3 Å². The van der Waals surface area contributed by atoms with E-state index in [4.69, 9.17) is 9.84 Å². The van der Waals surface area contributed by atoms with Crippen LogP contribution in [0.1, 0.15) is 60.7 Å². The van der Waals surface area contributed by atoms with E-state index in [0.29, 0.717) is 12.1 Å². The molecule has 1 aromatic rings. The molecule has 1 atom stereocenters.